The second-order valence-corrected chi connectivity index (χ2v) is 13.2. The first-order chi connectivity index (χ1) is 20.3. The van der Waals surface area contributed by atoms with Gasteiger partial charge in [0, 0.05) is 44.4 Å². The molecule has 6 atom stereocenters. The number of rotatable bonds is 10. The number of para-hydroxylation sites is 1. The molecule has 2 aromatic rings. The summed E-state index contributed by atoms with van der Waals surface area (Å²) in [6.07, 6.45) is 9.05. The molecule has 232 valence electrons. The molecule has 0 spiro atoms. The number of aliphatic imine (C=N–C) groups is 1. The molecule has 1 heterocycles. The molecule has 1 aromatic heterocycles. The van der Waals surface area contributed by atoms with Crippen LogP contribution < -0.4 is 10.6 Å². The highest BCUT2D eigenvalue weighted by atomic mass is 16.3. The zero-order valence-electron chi connectivity index (χ0n) is 25.3. The van der Waals surface area contributed by atoms with E-state index in [1.54, 1.807) is 7.05 Å². The summed E-state index contributed by atoms with van der Waals surface area (Å²) in [5, 5.41) is 53.0. The SMILES string of the molecule is C=C(Cc1cc2ccccc2[nH]1)[C@H]1CC[C@](O)(C2CCCCC2)[C@H]2C[C@H](O)[C@@](O)(CCNC(=NC)NCCCO)[C@H]2C1. The number of nitrogens with zero attached hydrogens (tertiary/aromatic N) is 1. The second-order valence-electron chi connectivity index (χ2n) is 13.2. The summed E-state index contributed by atoms with van der Waals surface area (Å²) in [5.41, 5.74) is 1.18. The van der Waals surface area contributed by atoms with Gasteiger partial charge in [-0.15, -0.1) is 0 Å². The number of hydrogen-bond donors (Lipinski definition) is 7. The van der Waals surface area contributed by atoms with E-state index in [-0.39, 0.29) is 30.3 Å². The van der Waals surface area contributed by atoms with Crippen LogP contribution in [0.25, 0.3) is 10.9 Å². The zero-order chi connectivity index (χ0) is 29.7. The maximum Gasteiger partial charge on any atom is 0.190 e. The molecule has 8 heteroatoms. The third-order valence-electron chi connectivity index (χ3n) is 10.8. The van der Waals surface area contributed by atoms with Gasteiger partial charge < -0.3 is 36.0 Å². The highest BCUT2D eigenvalue weighted by molar-refractivity contribution is 5.80. The maximum atomic E-state index is 12.5. The van der Waals surface area contributed by atoms with Gasteiger partial charge in [-0.25, -0.2) is 0 Å². The number of nitrogens with one attached hydrogen (secondary N) is 3. The number of allylic oxidation sites excluding steroid dienone is 1. The molecule has 0 radical (unpaired) electrons. The van der Waals surface area contributed by atoms with Gasteiger partial charge in [-0.2, -0.15) is 0 Å². The zero-order valence-corrected chi connectivity index (χ0v) is 25.3. The van der Waals surface area contributed by atoms with Crippen molar-refractivity contribution in [2.45, 2.75) is 94.4 Å². The number of fused-ring (bicyclic) bond motifs is 2. The molecule has 0 amide bonds. The van der Waals surface area contributed by atoms with Gasteiger partial charge in [0.15, 0.2) is 5.96 Å². The Labute approximate surface area is 250 Å². The molecule has 0 saturated heterocycles. The molecule has 8 nitrogen and oxygen atoms in total. The molecule has 3 fully saturated rings. The van der Waals surface area contributed by atoms with Crippen molar-refractivity contribution in [3.05, 3.63) is 48.2 Å². The Hall–Kier alpha value is -2.39. The van der Waals surface area contributed by atoms with Gasteiger partial charge in [-0.05, 0) is 92.6 Å². The standard InChI is InChI=1S/C34H52N4O4/c1-23(19-27-20-25-9-6-7-12-30(25)38-27)24-13-14-33(41,26-10-4-3-5-11-26)29-22-31(40)34(42,28(29)21-24)15-17-37-32(35-2)36-16-8-18-39/h6-7,9,12,20,24,26,28-29,31,38-42H,1,3-5,8,10-11,13-19,21-22H2,2H3,(H2,35,36,37)/t24-,28-,29-,31-,33-,34+/m0/s1. The lowest BCUT2D eigenvalue weighted by Gasteiger charge is -2.45. The molecule has 3 aliphatic rings. The summed E-state index contributed by atoms with van der Waals surface area (Å²) in [5.74, 6) is 0.604. The second kappa shape index (κ2) is 13.5. The number of aliphatic hydroxyl groups excluding tert-OH is 2. The molecule has 3 saturated carbocycles. The van der Waals surface area contributed by atoms with E-state index in [1.165, 1.54) is 11.8 Å². The van der Waals surface area contributed by atoms with Crippen molar-refractivity contribution in [3.8, 4) is 0 Å². The third-order valence-corrected chi connectivity index (χ3v) is 10.8. The van der Waals surface area contributed by atoms with E-state index in [1.807, 2.05) is 12.1 Å². The summed E-state index contributed by atoms with van der Waals surface area (Å²) in [6, 6.07) is 10.5. The van der Waals surface area contributed by atoms with E-state index in [0.717, 1.165) is 61.7 Å². The molecule has 0 unspecified atom stereocenters. The number of benzene rings is 1. The molecule has 0 aliphatic heterocycles. The number of aliphatic hydroxyl groups is 4. The molecule has 1 aromatic carbocycles. The van der Waals surface area contributed by atoms with Crippen LogP contribution in [0.3, 0.4) is 0 Å². The van der Waals surface area contributed by atoms with Crippen LogP contribution in [-0.2, 0) is 6.42 Å². The highest BCUT2D eigenvalue weighted by Gasteiger charge is 2.61. The van der Waals surface area contributed by atoms with Gasteiger partial charge in [0.25, 0.3) is 0 Å². The molecule has 3 aliphatic carbocycles. The number of aromatic amines is 1. The van der Waals surface area contributed by atoms with Crippen molar-refractivity contribution in [1.29, 1.82) is 0 Å². The summed E-state index contributed by atoms with van der Waals surface area (Å²) in [7, 11) is 1.70. The number of aromatic nitrogens is 1. The van der Waals surface area contributed by atoms with Gasteiger partial charge >= 0.3 is 0 Å². The van der Waals surface area contributed by atoms with Gasteiger partial charge in [-0.3, -0.25) is 4.99 Å². The Balaban J connectivity index is 1.36. The minimum Gasteiger partial charge on any atom is -0.396 e. The predicted octanol–water partition coefficient (Wildman–Crippen LogP) is 4.04. The summed E-state index contributed by atoms with van der Waals surface area (Å²) in [6.45, 7) is 5.71. The smallest absolute Gasteiger partial charge is 0.190 e. The van der Waals surface area contributed by atoms with E-state index in [9.17, 15) is 15.3 Å². The van der Waals surface area contributed by atoms with Crippen LogP contribution in [0.4, 0.5) is 0 Å². The highest BCUT2D eigenvalue weighted by Crippen LogP contribution is 2.57. The predicted molar refractivity (Wildman–Crippen MR) is 168 cm³/mol. The van der Waals surface area contributed by atoms with Crippen LogP contribution in [-0.4, -0.2) is 75.4 Å². The third kappa shape index (κ3) is 6.42. The molecular formula is C34H52N4O4. The van der Waals surface area contributed by atoms with Crippen LogP contribution >= 0.6 is 0 Å². The fourth-order valence-corrected chi connectivity index (χ4v) is 8.48. The van der Waals surface area contributed by atoms with E-state index in [4.69, 9.17) is 5.11 Å². The lowest BCUT2D eigenvalue weighted by atomic mass is 9.65. The van der Waals surface area contributed by atoms with Crippen LogP contribution in [0, 0.1) is 23.7 Å². The van der Waals surface area contributed by atoms with E-state index < -0.39 is 17.3 Å². The molecule has 5 rings (SSSR count). The Morgan fingerprint density at radius 1 is 1.05 bits per heavy atom. The Bertz CT molecular complexity index is 1190. The van der Waals surface area contributed by atoms with Gasteiger partial charge in [0.2, 0.25) is 0 Å². The first kappa shape index (κ1) is 31.0. The topological polar surface area (TPSA) is 133 Å². The Kier molecular flexibility index (Phi) is 9.98. The fourth-order valence-electron chi connectivity index (χ4n) is 8.48. The van der Waals surface area contributed by atoms with Crippen molar-refractivity contribution >= 4 is 16.9 Å². The van der Waals surface area contributed by atoms with Crippen molar-refractivity contribution < 1.29 is 20.4 Å². The number of hydrogen-bond acceptors (Lipinski definition) is 5. The van der Waals surface area contributed by atoms with Crippen molar-refractivity contribution in [2.75, 3.05) is 26.7 Å². The monoisotopic (exact) mass is 580 g/mol. The first-order valence-electron chi connectivity index (χ1n) is 16.2. The van der Waals surface area contributed by atoms with Gasteiger partial charge in [0.05, 0.1) is 17.3 Å². The van der Waals surface area contributed by atoms with Crippen molar-refractivity contribution in [3.63, 3.8) is 0 Å². The molecular weight excluding hydrogens is 528 g/mol. The minimum absolute atomic E-state index is 0.107. The molecule has 7 N–H and O–H groups in total. The van der Waals surface area contributed by atoms with Crippen LogP contribution in [0.5, 0.6) is 0 Å². The fraction of sp³-hybridized carbons (Fsp3) is 0.676. The average molecular weight is 581 g/mol. The summed E-state index contributed by atoms with van der Waals surface area (Å²) >= 11 is 0. The van der Waals surface area contributed by atoms with Gasteiger partial charge in [0.1, 0.15) is 0 Å². The van der Waals surface area contributed by atoms with Crippen molar-refractivity contribution in [1.82, 2.24) is 15.6 Å². The normalized spacial score (nSPS) is 32.5. The van der Waals surface area contributed by atoms with Crippen molar-refractivity contribution in [2.24, 2.45) is 28.7 Å². The van der Waals surface area contributed by atoms with Crippen LogP contribution in [0.15, 0.2) is 47.5 Å². The van der Waals surface area contributed by atoms with E-state index in [0.29, 0.717) is 44.7 Å². The van der Waals surface area contributed by atoms with E-state index >= 15 is 0 Å². The largest absolute Gasteiger partial charge is 0.396 e. The summed E-state index contributed by atoms with van der Waals surface area (Å²) < 4.78 is 0. The quantitative estimate of drug-likeness (QED) is 0.0982. The maximum absolute atomic E-state index is 12.5. The Morgan fingerprint density at radius 2 is 1.81 bits per heavy atom. The van der Waals surface area contributed by atoms with Crippen LogP contribution in [0.1, 0.15) is 76.3 Å². The molecule has 42 heavy (non-hydrogen) atoms. The van der Waals surface area contributed by atoms with Crippen LogP contribution in [0.2, 0.25) is 0 Å². The minimum atomic E-state index is -1.31. The number of H-pyrrole nitrogens is 1. The average Bonchev–Trinajstić information content (AvgIpc) is 3.46. The lowest BCUT2D eigenvalue weighted by molar-refractivity contribution is -0.120. The first-order valence-corrected chi connectivity index (χ1v) is 16.2. The Morgan fingerprint density at radius 3 is 2.55 bits per heavy atom. The summed E-state index contributed by atoms with van der Waals surface area (Å²) in [4.78, 5) is 7.79. The van der Waals surface area contributed by atoms with E-state index in [2.05, 4.69) is 45.4 Å². The lowest BCUT2D eigenvalue weighted by Crippen LogP contribution is -2.51. The molecule has 0 bridgehead atoms. The number of guanidine groups is 1. The van der Waals surface area contributed by atoms with Gasteiger partial charge in [-0.1, -0.05) is 49.6 Å².